The molecule has 0 spiro atoms. The third kappa shape index (κ3) is 6.76. The van der Waals surface area contributed by atoms with Gasteiger partial charge in [0.05, 0.1) is 32.1 Å². The van der Waals surface area contributed by atoms with Crippen LogP contribution < -0.4 is 10.6 Å². The molecule has 4 rings (SSSR count). The van der Waals surface area contributed by atoms with Gasteiger partial charge in [0.15, 0.2) is 9.84 Å². The molecule has 0 aliphatic rings. The summed E-state index contributed by atoms with van der Waals surface area (Å²) in [5.41, 5.74) is 3.05. The van der Waals surface area contributed by atoms with Crippen LogP contribution in [0.4, 0.5) is 0 Å². The molecule has 3 N–H and O–H groups in total. The zero-order valence-corrected chi connectivity index (χ0v) is 23.8. The van der Waals surface area contributed by atoms with E-state index in [-0.39, 0.29) is 37.8 Å². The predicted molar refractivity (Wildman–Crippen MR) is 151 cm³/mol. The summed E-state index contributed by atoms with van der Waals surface area (Å²) in [5, 5.41) is 12.5. The zero-order valence-electron chi connectivity index (χ0n) is 20.6. The largest absolute Gasteiger partial charge is 0.480 e. The summed E-state index contributed by atoms with van der Waals surface area (Å²) in [7, 11) is -7.64. The first kappa shape index (κ1) is 29.4. The molecule has 1 heterocycles. The van der Waals surface area contributed by atoms with Crippen molar-refractivity contribution in [3.05, 3.63) is 93.7 Å². The highest BCUT2D eigenvalue weighted by Crippen LogP contribution is 2.39. The molecule has 0 aliphatic heterocycles. The van der Waals surface area contributed by atoms with Gasteiger partial charge in [0, 0.05) is 23.6 Å². The molecular formula is C27H20Cl2NO8PS. The Hall–Kier alpha value is -3.58. The van der Waals surface area contributed by atoms with Crippen LogP contribution in [0.1, 0.15) is 21.5 Å². The highest BCUT2D eigenvalue weighted by molar-refractivity contribution is 7.90. The Labute approximate surface area is 239 Å². The van der Waals surface area contributed by atoms with Crippen molar-refractivity contribution in [1.82, 2.24) is 5.32 Å². The van der Waals surface area contributed by atoms with Gasteiger partial charge in [0.1, 0.15) is 11.6 Å². The van der Waals surface area contributed by atoms with Gasteiger partial charge in [-0.2, -0.15) is 0 Å². The third-order valence-electron chi connectivity index (χ3n) is 5.78. The number of hydrogen-bond donors (Lipinski definition) is 3. The van der Waals surface area contributed by atoms with Gasteiger partial charge < -0.3 is 19.7 Å². The first-order valence-electron chi connectivity index (χ1n) is 11.4. The van der Waals surface area contributed by atoms with Crippen LogP contribution in [0, 0.1) is 11.6 Å². The summed E-state index contributed by atoms with van der Waals surface area (Å²) in [6.07, 6.45) is 2.28. The number of aliphatic carboxylic acids is 1. The fraction of sp³-hybridized carbons (Fsp3) is 0.111. The standard InChI is InChI=1S/C27H20Cl2NO8PS/c1-40(36,37)20-4-2-3-16(11-20)14-23(27(32)33)30-26(31)25-21(28)12-17(13-22(25)29)8-10-39(34,35)19-6-5-18-7-9-38-24(18)15-19/h2-7,9,11-13,15,23H,14H2,1H3,(H,30,31)(H,32,33)(H,34,35)/t23-/m0/s1. The van der Waals surface area contributed by atoms with Gasteiger partial charge in [0.25, 0.3) is 5.91 Å². The van der Waals surface area contributed by atoms with Crippen LogP contribution in [-0.4, -0.2) is 42.6 Å². The Bertz CT molecular complexity index is 1850. The van der Waals surface area contributed by atoms with Crippen molar-refractivity contribution in [3.8, 4) is 11.6 Å². The number of carboxylic acids is 1. The lowest BCUT2D eigenvalue weighted by Crippen LogP contribution is -2.42. The van der Waals surface area contributed by atoms with Crippen LogP contribution >= 0.6 is 30.6 Å². The van der Waals surface area contributed by atoms with Crippen LogP contribution in [0.3, 0.4) is 0 Å². The van der Waals surface area contributed by atoms with E-state index in [0.717, 1.165) is 11.6 Å². The number of benzene rings is 3. The maximum atomic E-state index is 12.9. The summed E-state index contributed by atoms with van der Waals surface area (Å²) < 4.78 is 41.7. The molecule has 0 radical (unpaired) electrons. The lowest BCUT2D eigenvalue weighted by molar-refractivity contribution is -0.139. The van der Waals surface area contributed by atoms with Crippen LogP contribution in [0.5, 0.6) is 0 Å². The van der Waals surface area contributed by atoms with Crippen molar-refractivity contribution >= 4 is 68.6 Å². The maximum Gasteiger partial charge on any atom is 0.326 e. The number of sulfone groups is 1. The van der Waals surface area contributed by atoms with Gasteiger partial charge >= 0.3 is 13.3 Å². The summed E-state index contributed by atoms with van der Waals surface area (Å²) in [6.45, 7) is 0. The smallest absolute Gasteiger partial charge is 0.326 e. The molecule has 0 aliphatic carbocycles. The molecule has 0 bridgehead atoms. The molecule has 40 heavy (non-hydrogen) atoms. The number of rotatable bonds is 7. The van der Waals surface area contributed by atoms with Crippen molar-refractivity contribution in [1.29, 1.82) is 0 Å². The molecule has 1 aromatic heterocycles. The normalized spacial score (nSPS) is 13.6. The van der Waals surface area contributed by atoms with Gasteiger partial charge in [-0.05, 0) is 53.7 Å². The van der Waals surface area contributed by atoms with Gasteiger partial charge in [-0.25, -0.2) is 13.2 Å². The minimum Gasteiger partial charge on any atom is -0.480 e. The molecular weight excluding hydrogens is 600 g/mol. The molecule has 1 unspecified atom stereocenters. The van der Waals surface area contributed by atoms with E-state index in [1.807, 2.05) is 0 Å². The number of carboxylic acid groups (broad SMARTS) is 1. The van der Waals surface area contributed by atoms with Gasteiger partial charge in [-0.15, -0.1) is 0 Å². The number of carbonyl (C=O) groups is 2. The quantitative estimate of drug-likeness (QED) is 0.202. The maximum absolute atomic E-state index is 12.9. The van der Waals surface area contributed by atoms with Gasteiger partial charge in [0.2, 0.25) is 0 Å². The molecule has 0 saturated heterocycles. The summed E-state index contributed by atoms with van der Waals surface area (Å²) in [4.78, 5) is 35.3. The average molecular weight is 620 g/mol. The lowest BCUT2D eigenvalue weighted by atomic mass is 10.0. The van der Waals surface area contributed by atoms with Crippen molar-refractivity contribution in [3.63, 3.8) is 0 Å². The van der Waals surface area contributed by atoms with Gasteiger partial charge in [-0.3, -0.25) is 9.36 Å². The fourth-order valence-corrected chi connectivity index (χ4v) is 6.10. The second kappa shape index (κ2) is 11.5. The highest BCUT2D eigenvalue weighted by atomic mass is 35.5. The number of amides is 1. The average Bonchev–Trinajstić information content (AvgIpc) is 3.34. The van der Waals surface area contributed by atoms with E-state index >= 15 is 0 Å². The molecule has 4 aromatic rings. The van der Waals surface area contributed by atoms with E-state index in [0.29, 0.717) is 11.1 Å². The molecule has 9 nitrogen and oxygen atoms in total. The monoisotopic (exact) mass is 619 g/mol. The molecule has 13 heteroatoms. The minimum absolute atomic E-state index is 0.0113. The lowest BCUT2D eigenvalue weighted by Gasteiger charge is -2.16. The summed E-state index contributed by atoms with van der Waals surface area (Å²) >= 11 is 12.5. The molecule has 0 fully saturated rings. The Morgan fingerprint density at radius 2 is 1.77 bits per heavy atom. The van der Waals surface area contributed by atoms with E-state index in [1.165, 1.54) is 54.8 Å². The second-order valence-electron chi connectivity index (χ2n) is 8.76. The minimum atomic E-state index is -4.12. The van der Waals surface area contributed by atoms with Gasteiger partial charge in [-0.1, -0.05) is 47.3 Å². The fourth-order valence-electron chi connectivity index (χ4n) is 3.77. The molecule has 206 valence electrons. The number of nitrogens with one attached hydrogen (secondary N) is 1. The number of furan rings is 1. The van der Waals surface area contributed by atoms with Crippen LogP contribution in [-0.2, 0) is 25.6 Å². The van der Waals surface area contributed by atoms with E-state index < -0.39 is 35.1 Å². The van der Waals surface area contributed by atoms with Crippen LogP contribution in [0.15, 0.2) is 76.2 Å². The van der Waals surface area contributed by atoms with Crippen molar-refractivity contribution in [2.75, 3.05) is 6.26 Å². The summed E-state index contributed by atoms with van der Waals surface area (Å²) in [6, 6.07) is 13.1. The van der Waals surface area contributed by atoms with Crippen molar-refractivity contribution in [2.24, 2.45) is 0 Å². The Kier molecular flexibility index (Phi) is 8.45. The third-order valence-corrected chi connectivity index (χ3v) is 8.88. The Balaban J connectivity index is 1.55. The van der Waals surface area contributed by atoms with E-state index in [4.69, 9.17) is 27.6 Å². The SMILES string of the molecule is CS(=O)(=O)c1cccc(C[C@H](NC(=O)c2c(Cl)cc(C#CP(=O)(O)c3ccc4ccoc4c3)cc2Cl)C(=O)O)c1. The Morgan fingerprint density at radius 1 is 1.07 bits per heavy atom. The van der Waals surface area contributed by atoms with Crippen molar-refractivity contribution in [2.45, 2.75) is 17.4 Å². The molecule has 2 atom stereocenters. The van der Waals surface area contributed by atoms with E-state index in [9.17, 15) is 32.6 Å². The van der Waals surface area contributed by atoms with Crippen LogP contribution in [0.2, 0.25) is 10.0 Å². The first-order valence-corrected chi connectivity index (χ1v) is 15.7. The van der Waals surface area contributed by atoms with E-state index in [1.54, 1.807) is 12.1 Å². The number of carbonyl (C=O) groups excluding carboxylic acids is 1. The molecule has 0 saturated carbocycles. The van der Waals surface area contributed by atoms with Crippen molar-refractivity contribution < 1.29 is 37.0 Å². The highest BCUT2D eigenvalue weighted by Gasteiger charge is 2.25. The number of halogens is 2. The number of fused-ring (bicyclic) bond motifs is 1. The topological polar surface area (TPSA) is 151 Å². The summed E-state index contributed by atoms with van der Waals surface area (Å²) in [5.74, 6) is 0.295. The van der Waals surface area contributed by atoms with E-state index in [2.05, 4.69) is 16.9 Å². The number of hydrogen-bond acceptors (Lipinski definition) is 6. The second-order valence-corrected chi connectivity index (χ2v) is 13.5. The molecule has 1 amide bonds. The molecule has 3 aromatic carbocycles. The zero-order chi connectivity index (χ0) is 29.2. The predicted octanol–water partition coefficient (Wildman–Crippen LogP) is 4.47. The Morgan fingerprint density at radius 3 is 2.42 bits per heavy atom. The first-order chi connectivity index (χ1) is 18.7. The van der Waals surface area contributed by atoms with Crippen LogP contribution in [0.25, 0.3) is 11.0 Å².